The third-order valence-electron chi connectivity index (χ3n) is 5.36. The van der Waals surface area contributed by atoms with Gasteiger partial charge in [-0.15, -0.1) is 0 Å². The number of carboxylic acids is 1. The lowest BCUT2D eigenvalue weighted by Gasteiger charge is -2.24. The Bertz CT molecular complexity index is 1030. The molecule has 2 unspecified atom stereocenters. The minimum Gasteiger partial charge on any atom is -0.489 e. The molecule has 0 aromatic heterocycles. The average molecular weight is 433 g/mol. The maximum absolute atomic E-state index is 12.2. The summed E-state index contributed by atoms with van der Waals surface area (Å²) in [5.74, 6) is -0.586. The van der Waals surface area contributed by atoms with Gasteiger partial charge in [0.25, 0.3) is 0 Å². The number of carboxylic acid groups (broad SMARTS) is 1. The standard InChI is InChI=1S/C27H28O5/c1-3-21(27(29)30)16-25(22-12-8-5-9-13-22)32-26-17-23(14-15-24(26)19(2)28)31-18-20-10-6-4-7-11-20/h4-15,17,21,25H,3,16,18H2,1-2H3,(H,29,30). The fraction of sp³-hybridized carbons (Fsp3) is 0.259. The molecule has 32 heavy (non-hydrogen) atoms. The van der Waals surface area contributed by atoms with Gasteiger partial charge in [-0.1, -0.05) is 67.6 Å². The lowest BCUT2D eigenvalue weighted by Crippen LogP contribution is -2.20. The molecule has 0 aliphatic heterocycles. The molecule has 0 aliphatic carbocycles. The van der Waals surface area contributed by atoms with Gasteiger partial charge in [-0.25, -0.2) is 0 Å². The molecule has 0 spiro atoms. The van der Waals surface area contributed by atoms with Crippen LogP contribution in [0.5, 0.6) is 11.5 Å². The van der Waals surface area contributed by atoms with Gasteiger partial charge in [0, 0.05) is 12.5 Å². The minimum atomic E-state index is -0.858. The Morgan fingerprint density at radius 1 is 0.938 bits per heavy atom. The van der Waals surface area contributed by atoms with Crippen LogP contribution in [0, 0.1) is 5.92 Å². The van der Waals surface area contributed by atoms with E-state index in [9.17, 15) is 14.7 Å². The van der Waals surface area contributed by atoms with Crippen molar-refractivity contribution in [3.63, 3.8) is 0 Å². The molecular formula is C27H28O5. The van der Waals surface area contributed by atoms with Crippen LogP contribution in [0.15, 0.2) is 78.9 Å². The normalized spacial score (nSPS) is 12.6. The summed E-state index contributed by atoms with van der Waals surface area (Å²) < 4.78 is 12.2. The molecule has 0 bridgehead atoms. The fourth-order valence-corrected chi connectivity index (χ4v) is 3.50. The predicted octanol–water partition coefficient (Wildman–Crippen LogP) is 6.09. The topological polar surface area (TPSA) is 72.8 Å². The summed E-state index contributed by atoms with van der Waals surface area (Å²) in [4.78, 5) is 23.9. The summed E-state index contributed by atoms with van der Waals surface area (Å²) in [6, 6.07) is 24.4. The average Bonchev–Trinajstić information content (AvgIpc) is 2.81. The Morgan fingerprint density at radius 2 is 1.59 bits per heavy atom. The van der Waals surface area contributed by atoms with Crippen molar-refractivity contribution in [1.29, 1.82) is 0 Å². The number of hydrogen-bond acceptors (Lipinski definition) is 4. The summed E-state index contributed by atoms with van der Waals surface area (Å²) in [5, 5.41) is 9.57. The van der Waals surface area contributed by atoms with Crippen LogP contribution in [-0.4, -0.2) is 16.9 Å². The Labute approximate surface area is 188 Å². The molecule has 0 aliphatic rings. The van der Waals surface area contributed by atoms with Crippen LogP contribution in [0.3, 0.4) is 0 Å². The molecule has 3 rings (SSSR count). The van der Waals surface area contributed by atoms with Crippen LogP contribution < -0.4 is 9.47 Å². The molecule has 5 heteroatoms. The quantitative estimate of drug-likeness (QED) is 0.371. The van der Waals surface area contributed by atoms with Crippen molar-refractivity contribution >= 4 is 11.8 Å². The first-order valence-electron chi connectivity index (χ1n) is 10.7. The molecule has 3 aromatic carbocycles. The van der Waals surface area contributed by atoms with E-state index in [0.29, 0.717) is 36.5 Å². The number of carbonyl (C=O) groups excluding carboxylic acids is 1. The zero-order chi connectivity index (χ0) is 22.9. The number of ketones is 1. The van der Waals surface area contributed by atoms with Gasteiger partial charge in [0.15, 0.2) is 5.78 Å². The van der Waals surface area contributed by atoms with Crippen LogP contribution in [0.1, 0.15) is 54.3 Å². The molecule has 3 aromatic rings. The van der Waals surface area contributed by atoms with Crippen LogP contribution in [0.2, 0.25) is 0 Å². The number of aliphatic carboxylic acids is 1. The van der Waals surface area contributed by atoms with Crippen molar-refractivity contribution in [3.05, 3.63) is 95.6 Å². The van der Waals surface area contributed by atoms with Gasteiger partial charge in [-0.2, -0.15) is 0 Å². The Balaban J connectivity index is 1.89. The molecule has 0 fully saturated rings. The van der Waals surface area contributed by atoms with Crippen molar-refractivity contribution in [2.24, 2.45) is 5.92 Å². The highest BCUT2D eigenvalue weighted by Gasteiger charge is 2.25. The third kappa shape index (κ3) is 6.20. The highest BCUT2D eigenvalue weighted by atomic mass is 16.5. The smallest absolute Gasteiger partial charge is 0.306 e. The van der Waals surface area contributed by atoms with Gasteiger partial charge in [0.05, 0.1) is 11.5 Å². The van der Waals surface area contributed by atoms with E-state index in [1.165, 1.54) is 6.92 Å². The molecule has 0 heterocycles. The number of benzene rings is 3. The van der Waals surface area contributed by atoms with Crippen molar-refractivity contribution in [2.75, 3.05) is 0 Å². The van der Waals surface area contributed by atoms with Gasteiger partial charge in [-0.05, 0) is 36.6 Å². The summed E-state index contributed by atoms with van der Waals surface area (Å²) >= 11 is 0. The summed E-state index contributed by atoms with van der Waals surface area (Å²) in [5.41, 5.74) is 2.32. The van der Waals surface area contributed by atoms with Crippen LogP contribution >= 0.6 is 0 Å². The zero-order valence-corrected chi connectivity index (χ0v) is 18.4. The SMILES string of the molecule is CCC(CC(Oc1cc(OCc2ccccc2)ccc1C(C)=O)c1ccccc1)C(=O)O. The molecule has 0 saturated carbocycles. The second kappa shape index (κ2) is 11.1. The second-order valence-corrected chi connectivity index (χ2v) is 7.68. The van der Waals surface area contributed by atoms with Crippen molar-refractivity contribution in [3.8, 4) is 11.5 Å². The lowest BCUT2D eigenvalue weighted by atomic mass is 9.94. The summed E-state index contributed by atoms with van der Waals surface area (Å²) in [7, 11) is 0. The minimum absolute atomic E-state index is 0.133. The van der Waals surface area contributed by atoms with Gasteiger partial charge in [-0.3, -0.25) is 9.59 Å². The Kier molecular flexibility index (Phi) is 8.03. The number of carbonyl (C=O) groups is 2. The first kappa shape index (κ1) is 23.1. The number of hydrogen-bond donors (Lipinski definition) is 1. The van der Waals surface area contributed by atoms with E-state index in [1.54, 1.807) is 18.2 Å². The number of ether oxygens (including phenoxy) is 2. The highest BCUT2D eigenvalue weighted by Crippen LogP contribution is 2.33. The van der Waals surface area contributed by atoms with Crippen molar-refractivity contribution < 1.29 is 24.2 Å². The van der Waals surface area contributed by atoms with Gasteiger partial charge < -0.3 is 14.6 Å². The van der Waals surface area contributed by atoms with E-state index >= 15 is 0 Å². The molecule has 166 valence electrons. The van der Waals surface area contributed by atoms with Crippen molar-refractivity contribution in [1.82, 2.24) is 0 Å². The first-order valence-corrected chi connectivity index (χ1v) is 10.7. The third-order valence-corrected chi connectivity index (χ3v) is 5.36. The van der Waals surface area contributed by atoms with Crippen LogP contribution in [0.25, 0.3) is 0 Å². The first-order chi connectivity index (χ1) is 15.5. The zero-order valence-electron chi connectivity index (χ0n) is 18.4. The van der Waals surface area contributed by atoms with E-state index in [4.69, 9.17) is 9.47 Å². The van der Waals surface area contributed by atoms with Crippen LogP contribution in [-0.2, 0) is 11.4 Å². The molecule has 2 atom stereocenters. The van der Waals surface area contributed by atoms with E-state index < -0.39 is 18.0 Å². The summed E-state index contributed by atoms with van der Waals surface area (Å²) in [6.45, 7) is 3.72. The molecule has 0 amide bonds. The molecule has 1 N–H and O–H groups in total. The maximum Gasteiger partial charge on any atom is 0.306 e. The molecule has 0 radical (unpaired) electrons. The molecule has 0 saturated heterocycles. The number of rotatable bonds is 11. The Hall–Kier alpha value is -3.60. The predicted molar refractivity (Wildman–Crippen MR) is 123 cm³/mol. The van der Waals surface area contributed by atoms with Gasteiger partial charge >= 0.3 is 5.97 Å². The van der Waals surface area contributed by atoms with E-state index in [2.05, 4.69) is 0 Å². The summed E-state index contributed by atoms with van der Waals surface area (Å²) in [6.07, 6.45) is 0.268. The Morgan fingerprint density at radius 3 is 2.19 bits per heavy atom. The van der Waals surface area contributed by atoms with E-state index in [-0.39, 0.29) is 5.78 Å². The van der Waals surface area contributed by atoms with Gasteiger partial charge in [0.1, 0.15) is 24.2 Å². The number of Topliss-reactive ketones (excluding diaryl/α,β-unsaturated/α-hetero) is 1. The molecular weight excluding hydrogens is 404 g/mol. The van der Waals surface area contributed by atoms with Crippen molar-refractivity contribution in [2.45, 2.75) is 39.4 Å². The maximum atomic E-state index is 12.2. The van der Waals surface area contributed by atoms with Gasteiger partial charge in [0.2, 0.25) is 0 Å². The van der Waals surface area contributed by atoms with E-state index in [1.807, 2.05) is 67.6 Å². The second-order valence-electron chi connectivity index (χ2n) is 7.68. The molecule has 5 nitrogen and oxygen atoms in total. The van der Waals surface area contributed by atoms with E-state index in [0.717, 1.165) is 11.1 Å². The lowest BCUT2D eigenvalue weighted by molar-refractivity contribution is -0.142. The monoisotopic (exact) mass is 432 g/mol. The van der Waals surface area contributed by atoms with Crippen LogP contribution in [0.4, 0.5) is 0 Å². The largest absolute Gasteiger partial charge is 0.489 e. The highest BCUT2D eigenvalue weighted by molar-refractivity contribution is 5.97. The fourth-order valence-electron chi connectivity index (χ4n) is 3.50.